The minimum atomic E-state index is 0.458. The van der Waals surface area contributed by atoms with Crippen molar-refractivity contribution in [3.05, 3.63) is 24.0 Å². The highest BCUT2D eigenvalue weighted by Gasteiger charge is 2.01. The van der Waals surface area contributed by atoms with Gasteiger partial charge in [0.2, 0.25) is 0 Å². The van der Waals surface area contributed by atoms with Crippen molar-refractivity contribution >= 4 is 11.6 Å². The van der Waals surface area contributed by atoms with Gasteiger partial charge in [0.25, 0.3) is 0 Å². The quantitative estimate of drug-likeness (QED) is 0.477. The van der Waals surface area contributed by atoms with Gasteiger partial charge in [-0.15, -0.1) is 11.6 Å². The summed E-state index contributed by atoms with van der Waals surface area (Å²) in [6.45, 7) is 3.01. The molecule has 0 bridgehead atoms. The average molecular weight is 256 g/mol. The van der Waals surface area contributed by atoms with Crippen LogP contribution in [-0.4, -0.2) is 11.6 Å². The van der Waals surface area contributed by atoms with Crippen molar-refractivity contribution < 1.29 is 4.74 Å². The van der Waals surface area contributed by atoms with E-state index in [1.165, 1.54) is 32.1 Å². The molecule has 1 aromatic rings. The van der Waals surface area contributed by atoms with Gasteiger partial charge in [-0.2, -0.15) is 0 Å². The van der Waals surface area contributed by atoms with Crippen LogP contribution in [0, 0.1) is 0 Å². The van der Waals surface area contributed by atoms with Gasteiger partial charge in [-0.3, -0.25) is 4.98 Å². The van der Waals surface area contributed by atoms with E-state index in [1.54, 1.807) is 12.4 Å². The Hall–Kier alpha value is -0.760. The van der Waals surface area contributed by atoms with E-state index in [1.807, 2.05) is 6.07 Å². The lowest BCUT2D eigenvalue weighted by Gasteiger charge is -2.08. The predicted molar refractivity (Wildman–Crippen MR) is 72.7 cm³/mol. The summed E-state index contributed by atoms with van der Waals surface area (Å²) in [6.07, 6.45) is 11.2. The number of hydrogen-bond donors (Lipinski definition) is 0. The molecule has 0 spiro atoms. The minimum Gasteiger partial charge on any atom is -0.493 e. The number of pyridine rings is 1. The maximum absolute atomic E-state index is 5.81. The standard InChI is InChI=1S/C14H22ClNO/c1-2-3-4-5-6-7-10-17-14-8-9-16-12-13(14)11-15/h8-9,12H,2-7,10-11H2,1H3. The summed E-state index contributed by atoms with van der Waals surface area (Å²) in [7, 11) is 0. The lowest BCUT2D eigenvalue weighted by Crippen LogP contribution is -2.00. The van der Waals surface area contributed by atoms with E-state index in [0.29, 0.717) is 5.88 Å². The first kappa shape index (κ1) is 14.3. The Bertz CT molecular complexity index is 304. The molecular formula is C14H22ClNO. The molecule has 0 fully saturated rings. The molecule has 0 aliphatic rings. The molecule has 0 amide bonds. The fraction of sp³-hybridized carbons (Fsp3) is 0.643. The molecule has 0 radical (unpaired) electrons. The zero-order valence-electron chi connectivity index (χ0n) is 10.6. The van der Waals surface area contributed by atoms with E-state index in [-0.39, 0.29) is 0 Å². The molecule has 17 heavy (non-hydrogen) atoms. The molecule has 0 atom stereocenters. The number of aromatic nitrogens is 1. The summed E-state index contributed by atoms with van der Waals surface area (Å²) >= 11 is 5.81. The molecule has 0 N–H and O–H groups in total. The van der Waals surface area contributed by atoms with Crippen LogP contribution in [0.5, 0.6) is 5.75 Å². The van der Waals surface area contributed by atoms with Crippen molar-refractivity contribution in [3.8, 4) is 5.75 Å². The van der Waals surface area contributed by atoms with Crippen LogP contribution in [-0.2, 0) is 5.88 Å². The average Bonchev–Trinajstić information content (AvgIpc) is 2.38. The van der Waals surface area contributed by atoms with Gasteiger partial charge in [0.15, 0.2) is 0 Å². The Morgan fingerprint density at radius 2 is 1.94 bits per heavy atom. The largest absolute Gasteiger partial charge is 0.493 e. The summed E-state index contributed by atoms with van der Waals surface area (Å²) in [5.74, 6) is 1.34. The fourth-order valence-corrected chi connectivity index (χ4v) is 1.92. The van der Waals surface area contributed by atoms with Crippen LogP contribution in [0.1, 0.15) is 51.0 Å². The second-order valence-corrected chi connectivity index (χ2v) is 4.50. The summed E-state index contributed by atoms with van der Waals surface area (Å²) in [5.41, 5.74) is 0.972. The predicted octanol–water partition coefficient (Wildman–Crippen LogP) is 4.56. The van der Waals surface area contributed by atoms with Crippen molar-refractivity contribution in [1.29, 1.82) is 0 Å². The van der Waals surface area contributed by atoms with Crippen LogP contribution in [0.25, 0.3) is 0 Å². The molecule has 1 aromatic heterocycles. The van der Waals surface area contributed by atoms with Crippen LogP contribution >= 0.6 is 11.6 Å². The molecule has 0 aliphatic carbocycles. The maximum Gasteiger partial charge on any atom is 0.126 e. The minimum absolute atomic E-state index is 0.458. The summed E-state index contributed by atoms with van der Waals surface area (Å²) in [6, 6.07) is 1.88. The molecule has 2 nitrogen and oxygen atoms in total. The fourth-order valence-electron chi connectivity index (χ4n) is 1.72. The van der Waals surface area contributed by atoms with Crippen LogP contribution in [0.3, 0.4) is 0 Å². The van der Waals surface area contributed by atoms with Crippen molar-refractivity contribution in [2.45, 2.75) is 51.3 Å². The summed E-state index contributed by atoms with van der Waals surface area (Å²) < 4.78 is 5.71. The van der Waals surface area contributed by atoms with Crippen molar-refractivity contribution in [2.75, 3.05) is 6.61 Å². The third kappa shape index (κ3) is 5.92. The number of unbranched alkanes of at least 4 members (excludes halogenated alkanes) is 5. The van der Waals surface area contributed by atoms with Gasteiger partial charge in [0, 0.05) is 18.0 Å². The first-order valence-electron chi connectivity index (χ1n) is 6.50. The van der Waals surface area contributed by atoms with Gasteiger partial charge in [0.1, 0.15) is 5.75 Å². The highest BCUT2D eigenvalue weighted by molar-refractivity contribution is 6.17. The van der Waals surface area contributed by atoms with Gasteiger partial charge in [-0.25, -0.2) is 0 Å². The number of hydrogen-bond acceptors (Lipinski definition) is 2. The summed E-state index contributed by atoms with van der Waals surface area (Å²) in [4.78, 5) is 4.03. The van der Waals surface area contributed by atoms with Gasteiger partial charge >= 0.3 is 0 Å². The van der Waals surface area contributed by atoms with Crippen LogP contribution in [0.2, 0.25) is 0 Å². The normalized spacial score (nSPS) is 10.5. The molecule has 0 unspecified atom stereocenters. The molecule has 0 aliphatic heterocycles. The second-order valence-electron chi connectivity index (χ2n) is 4.23. The molecule has 0 aromatic carbocycles. The number of nitrogens with zero attached hydrogens (tertiary/aromatic N) is 1. The van der Waals surface area contributed by atoms with E-state index < -0.39 is 0 Å². The van der Waals surface area contributed by atoms with Gasteiger partial charge in [-0.1, -0.05) is 39.0 Å². The molecule has 0 saturated heterocycles. The number of rotatable bonds is 9. The van der Waals surface area contributed by atoms with Crippen LogP contribution in [0.4, 0.5) is 0 Å². The highest BCUT2D eigenvalue weighted by atomic mass is 35.5. The first-order chi connectivity index (χ1) is 8.38. The van der Waals surface area contributed by atoms with E-state index >= 15 is 0 Å². The topological polar surface area (TPSA) is 22.1 Å². The third-order valence-electron chi connectivity index (χ3n) is 2.76. The molecular weight excluding hydrogens is 234 g/mol. The molecule has 96 valence electrons. The third-order valence-corrected chi connectivity index (χ3v) is 3.05. The Kier molecular flexibility index (Phi) is 7.81. The van der Waals surface area contributed by atoms with Crippen molar-refractivity contribution in [3.63, 3.8) is 0 Å². The van der Waals surface area contributed by atoms with Crippen LogP contribution in [0.15, 0.2) is 18.5 Å². The second kappa shape index (κ2) is 9.29. The monoisotopic (exact) mass is 255 g/mol. The number of ether oxygens (including phenoxy) is 1. The van der Waals surface area contributed by atoms with E-state index in [4.69, 9.17) is 16.3 Å². The molecule has 1 rings (SSSR count). The van der Waals surface area contributed by atoms with Gasteiger partial charge in [0.05, 0.1) is 12.5 Å². The zero-order valence-corrected chi connectivity index (χ0v) is 11.4. The van der Waals surface area contributed by atoms with E-state index in [9.17, 15) is 0 Å². The zero-order chi connectivity index (χ0) is 12.3. The Balaban J connectivity index is 2.13. The van der Waals surface area contributed by atoms with E-state index in [2.05, 4.69) is 11.9 Å². The number of halogens is 1. The highest BCUT2D eigenvalue weighted by Crippen LogP contribution is 2.18. The Labute approximate surface area is 109 Å². The molecule has 3 heteroatoms. The van der Waals surface area contributed by atoms with Crippen molar-refractivity contribution in [1.82, 2.24) is 4.98 Å². The SMILES string of the molecule is CCCCCCCCOc1ccncc1CCl. The van der Waals surface area contributed by atoms with E-state index in [0.717, 1.165) is 24.3 Å². The van der Waals surface area contributed by atoms with Gasteiger partial charge < -0.3 is 4.74 Å². The van der Waals surface area contributed by atoms with Crippen LogP contribution < -0.4 is 4.74 Å². The Morgan fingerprint density at radius 3 is 2.71 bits per heavy atom. The smallest absolute Gasteiger partial charge is 0.126 e. The molecule has 0 saturated carbocycles. The van der Waals surface area contributed by atoms with Crippen molar-refractivity contribution in [2.24, 2.45) is 0 Å². The van der Waals surface area contributed by atoms with Gasteiger partial charge in [-0.05, 0) is 12.5 Å². The first-order valence-corrected chi connectivity index (χ1v) is 7.03. The molecule has 1 heterocycles. The maximum atomic E-state index is 5.81. The lowest BCUT2D eigenvalue weighted by molar-refractivity contribution is 0.302. The number of alkyl halides is 1. The summed E-state index contributed by atoms with van der Waals surface area (Å²) in [5, 5.41) is 0. The Morgan fingerprint density at radius 1 is 1.18 bits per heavy atom. The lowest BCUT2D eigenvalue weighted by atomic mass is 10.1.